The smallest absolute Gasteiger partial charge is 0.868 e. The van der Waals surface area contributed by atoms with Gasteiger partial charge in [0.15, 0.2) is 0 Å². The maximum atomic E-state index is 12.4. The Morgan fingerprint density at radius 1 is 0.966 bits per heavy atom. The van der Waals surface area contributed by atoms with Crippen LogP contribution in [0.1, 0.15) is 19.4 Å². The predicted octanol–water partition coefficient (Wildman–Crippen LogP) is -0.153. The minimum absolute atomic E-state index is 0. The number of β-amino-alcohol motifs (C(OH)–C–C–N with tert-alkyl or cyclic N) is 2. The summed E-state index contributed by atoms with van der Waals surface area (Å²) in [6.45, 7) is 9.38. The summed E-state index contributed by atoms with van der Waals surface area (Å²) in [6.07, 6.45) is -0.881. The number of nitro benzene ring substituents is 1. The van der Waals surface area contributed by atoms with Crippen molar-refractivity contribution in [1.29, 1.82) is 0 Å². The van der Waals surface area contributed by atoms with Gasteiger partial charge in [0, 0.05) is 65.0 Å². The van der Waals surface area contributed by atoms with Gasteiger partial charge in [0.25, 0.3) is 5.69 Å². The molecule has 0 amide bonds. The van der Waals surface area contributed by atoms with E-state index in [1.54, 1.807) is 26.0 Å². The molecule has 2 N–H and O–H groups in total. The molecule has 1 aromatic rings. The topological polar surface area (TPSA) is 116 Å². The van der Waals surface area contributed by atoms with E-state index in [9.17, 15) is 25.4 Å². The van der Waals surface area contributed by atoms with Gasteiger partial charge in [-0.25, -0.2) is 0 Å². The average Bonchev–Trinajstić information content (AvgIpc) is 2.68. The summed E-state index contributed by atoms with van der Waals surface area (Å²) in [7, 11) is 0. The number of hydrogen-bond donors (Lipinski definition) is 2. The van der Waals surface area contributed by atoms with Gasteiger partial charge in [-0.05, 0) is 25.2 Å². The molecule has 1 saturated heterocycles. The van der Waals surface area contributed by atoms with Gasteiger partial charge in [0.1, 0.15) is 0 Å². The number of hydrogen-bond acceptors (Lipinski definition) is 8. The molecule has 1 aliphatic heterocycles. The van der Waals surface area contributed by atoms with Gasteiger partial charge in [-0.15, -0.1) is 0 Å². The molecular weight excluding hydrogens is 420 g/mol. The Bertz CT molecular complexity index is 625. The molecule has 10 heteroatoms. The summed E-state index contributed by atoms with van der Waals surface area (Å²) >= 11 is 0. The van der Waals surface area contributed by atoms with Gasteiger partial charge in [0.2, 0.25) is 0 Å². The van der Waals surface area contributed by atoms with Crippen molar-refractivity contribution in [1.82, 2.24) is 14.7 Å². The maximum absolute atomic E-state index is 12.4. The summed E-state index contributed by atoms with van der Waals surface area (Å²) < 4.78 is 0. The second-order valence-corrected chi connectivity index (χ2v) is 7.60. The molecule has 0 bridgehead atoms. The molecule has 0 spiro atoms. The number of benzene rings is 1. The molecule has 9 nitrogen and oxygen atoms in total. The van der Waals surface area contributed by atoms with Crippen molar-refractivity contribution in [2.45, 2.75) is 32.6 Å². The Morgan fingerprint density at radius 3 is 1.83 bits per heavy atom. The third-order valence-corrected chi connectivity index (χ3v) is 4.91. The zero-order valence-electron chi connectivity index (χ0n) is 17.0. The number of para-hydroxylation sites is 1. The molecule has 0 radical (unpaired) electrons. The molecule has 1 fully saturated rings. The first-order valence-electron chi connectivity index (χ1n) is 9.72. The second kappa shape index (κ2) is 12.4. The van der Waals surface area contributed by atoms with E-state index in [2.05, 4.69) is 14.7 Å². The van der Waals surface area contributed by atoms with Crippen molar-refractivity contribution >= 4 is 5.69 Å². The van der Waals surface area contributed by atoms with E-state index in [1.807, 2.05) is 0 Å². The first kappa shape index (κ1) is 25.8. The number of aliphatic hydroxyl groups excluding tert-OH is 2. The van der Waals surface area contributed by atoms with Gasteiger partial charge >= 0.3 is 17.1 Å². The Hall–Kier alpha value is -1.26. The maximum Gasteiger partial charge on any atom is 6.00 e. The number of aliphatic hydroxyl groups is 2. The molecule has 0 aromatic heterocycles. The van der Waals surface area contributed by atoms with Crippen molar-refractivity contribution in [3.8, 4) is 5.75 Å². The van der Waals surface area contributed by atoms with Crippen LogP contribution in [-0.4, -0.2) is 94.4 Å². The number of nitro groups is 1. The van der Waals surface area contributed by atoms with Crippen LogP contribution in [0.15, 0.2) is 18.2 Å². The van der Waals surface area contributed by atoms with Crippen LogP contribution in [0.4, 0.5) is 5.69 Å². The standard InChI is InChI=1S/C19H32N4O5.Fe/c1-15(24)12-20-6-7-21(13-16(2)25)9-11-22(10-8-20)14-17-4-3-5-18(19(17)26)23(27)28;/h3-5,15-16,24-26H,6-14H2,1-2H3;/q;+6/p-1/t15-,16-;/m0./s1. The van der Waals surface area contributed by atoms with Crippen LogP contribution in [0.2, 0.25) is 0 Å². The van der Waals surface area contributed by atoms with Gasteiger partial charge in [-0.3, -0.25) is 24.8 Å². The zero-order valence-corrected chi connectivity index (χ0v) is 18.1. The first-order valence-corrected chi connectivity index (χ1v) is 9.72. The third-order valence-electron chi connectivity index (χ3n) is 4.91. The molecule has 0 saturated carbocycles. The van der Waals surface area contributed by atoms with Crippen molar-refractivity contribution in [2.75, 3.05) is 52.4 Å². The van der Waals surface area contributed by atoms with Gasteiger partial charge in [-0.1, -0.05) is 12.1 Å². The van der Waals surface area contributed by atoms with E-state index in [0.717, 1.165) is 26.2 Å². The van der Waals surface area contributed by atoms with E-state index in [4.69, 9.17) is 0 Å². The molecule has 160 valence electrons. The first-order chi connectivity index (χ1) is 13.3. The van der Waals surface area contributed by atoms with Crippen molar-refractivity contribution in [2.24, 2.45) is 0 Å². The largest absolute Gasteiger partial charge is 6.00 e. The predicted molar refractivity (Wildman–Crippen MR) is 104 cm³/mol. The molecule has 0 unspecified atom stereocenters. The molecule has 1 heterocycles. The van der Waals surface area contributed by atoms with E-state index in [0.29, 0.717) is 38.3 Å². The molecule has 2 rings (SSSR count). The summed E-state index contributed by atoms with van der Waals surface area (Å²) in [4.78, 5) is 16.8. The van der Waals surface area contributed by atoms with Crippen LogP contribution in [0, 0.1) is 10.1 Å². The van der Waals surface area contributed by atoms with Crippen molar-refractivity contribution < 1.29 is 37.3 Å². The molecule has 0 aliphatic carbocycles. The van der Waals surface area contributed by atoms with Crippen LogP contribution in [0.5, 0.6) is 5.75 Å². The van der Waals surface area contributed by atoms with Crippen molar-refractivity contribution in [3.05, 3.63) is 33.9 Å². The van der Waals surface area contributed by atoms with E-state index in [1.165, 1.54) is 6.07 Å². The Kier molecular flexibility index (Phi) is 11.1. The fraction of sp³-hybridized carbons (Fsp3) is 0.684. The Morgan fingerprint density at radius 2 is 1.41 bits per heavy atom. The van der Waals surface area contributed by atoms with E-state index < -0.39 is 28.6 Å². The normalized spacial score (nSPS) is 19.4. The molecule has 29 heavy (non-hydrogen) atoms. The zero-order chi connectivity index (χ0) is 20.7. The average molecular weight is 451 g/mol. The van der Waals surface area contributed by atoms with Crippen LogP contribution in [0.25, 0.3) is 0 Å². The second-order valence-electron chi connectivity index (χ2n) is 7.60. The Labute approximate surface area is 182 Å². The van der Waals surface area contributed by atoms with E-state index >= 15 is 0 Å². The molecule has 1 aromatic carbocycles. The minimum atomic E-state index is -0.640. The van der Waals surface area contributed by atoms with Crippen LogP contribution >= 0.6 is 0 Å². The van der Waals surface area contributed by atoms with Gasteiger partial charge in [-0.2, -0.15) is 0 Å². The summed E-state index contributed by atoms with van der Waals surface area (Å²) in [6, 6.07) is 4.42. The van der Waals surface area contributed by atoms with Crippen LogP contribution in [-0.2, 0) is 23.6 Å². The Balaban J connectivity index is 0.00000420. The fourth-order valence-electron chi connectivity index (χ4n) is 3.54. The van der Waals surface area contributed by atoms with E-state index in [-0.39, 0.29) is 17.1 Å². The fourth-order valence-corrected chi connectivity index (χ4v) is 3.54. The number of rotatable bonds is 7. The monoisotopic (exact) mass is 451 g/mol. The third kappa shape index (κ3) is 8.55. The van der Waals surface area contributed by atoms with Gasteiger partial charge < -0.3 is 15.3 Å². The van der Waals surface area contributed by atoms with Gasteiger partial charge in [0.05, 0.1) is 17.1 Å². The molecule has 1 aliphatic rings. The molecule has 2 atom stereocenters. The minimum Gasteiger partial charge on any atom is -0.868 e. The summed E-state index contributed by atoms with van der Waals surface area (Å²) in [5.74, 6) is -0.533. The number of nitrogens with zero attached hydrogens (tertiary/aromatic N) is 4. The quantitative estimate of drug-likeness (QED) is 0.334. The summed E-state index contributed by atoms with van der Waals surface area (Å²) in [5.41, 5.74) is 0.0193. The SMILES string of the molecule is C[C@H](O)CN1CCN(Cc2cccc([N+](=O)[O-])c2[O-])CCN(C[C@H](C)O)CC1.[Fe+6]. The summed E-state index contributed by atoms with van der Waals surface area (Å²) in [5, 5.41) is 42.9. The molecular formula is C19H31FeN4O5+5. The van der Waals surface area contributed by atoms with Crippen LogP contribution < -0.4 is 5.11 Å². The van der Waals surface area contributed by atoms with Crippen molar-refractivity contribution in [3.63, 3.8) is 0 Å². The van der Waals surface area contributed by atoms with Crippen LogP contribution in [0.3, 0.4) is 0 Å².